The Morgan fingerprint density at radius 3 is 2.81 bits per heavy atom. The molecule has 2 heterocycles. The van der Waals surface area contributed by atoms with Crippen molar-refractivity contribution in [3.8, 4) is 0 Å². The molecule has 3 rings (SSSR count). The Balaban J connectivity index is 1.64. The fraction of sp³-hybridized carbons (Fsp3) is 0.188. The summed E-state index contributed by atoms with van der Waals surface area (Å²) in [5.41, 5.74) is 2.14. The lowest BCUT2D eigenvalue weighted by Gasteiger charge is -2.08. The highest BCUT2D eigenvalue weighted by Gasteiger charge is 2.05. The molecule has 0 aliphatic carbocycles. The molecule has 0 amide bonds. The van der Waals surface area contributed by atoms with Gasteiger partial charge in [-0.2, -0.15) is 0 Å². The number of thiophene rings is 1. The summed E-state index contributed by atoms with van der Waals surface area (Å²) in [6.07, 6.45) is 2.78. The molecule has 0 bridgehead atoms. The summed E-state index contributed by atoms with van der Waals surface area (Å²) in [4.78, 5) is 5.74. The summed E-state index contributed by atoms with van der Waals surface area (Å²) in [6, 6.07) is 11.9. The van der Waals surface area contributed by atoms with Crippen LogP contribution in [0.15, 0.2) is 42.6 Å². The van der Waals surface area contributed by atoms with Gasteiger partial charge in [0.05, 0.1) is 9.85 Å². The summed E-state index contributed by atoms with van der Waals surface area (Å²) < 4.78 is 0.845. The van der Waals surface area contributed by atoms with E-state index >= 15 is 0 Å². The van der Waals surface area contributed by atoms with Crippen LogP contribution in [0.25, 0.3) is 10.9 Å². The number of hydrogen-bond donors (Lipinski definition) is 1. The smallest absolute Gasteiger partial charge is 0.0931 e. The Bertz CT molecular complexity index is 755. The average Bonchev–Trinajstić information content (AvgIpc) is 2.91. The van der Waals surface area contributed by atoms with E-state index in [4.69, 9.17) is 23.2 Å². The van der Waals surface area contributed by atoms with Crippen molar-refractivity contribution >= 4 is 45.4 Å². The van der Waals surface area contributed by atoms with Crippen molar-refractivity contribution in [1.29, 1.82) is 0 Å². The Labute approximate surface area is 137 Å². The molecule has 0 unspecified atom stereocenters. The van der Waals surface area contributed by atoms with E-state index in [0.29, 0.717) is 0 Å². The summed E-state index contributed by atoms with van der Waals surface area (Å²) in [6.45, 7) is 1.69. The normalized spacial score (nSPS) is 11.1. The molecule has 0 spiro atoms. The zero-order valence-corrected chi connectivity index (χ0v) is 13.6. The van der Waals surface area contributed by atoms with Crippen molar-refractivity contribution < 1.29 is 0 Å². The van der Waals surface area contributed by atoms with E-state index in [9.17, 15) is 0 Å². The Hall–Kier alpha value is -1.13. The maximum Gasteiger partial charge on any atom is 0.0931 e. The third-order valence-electron chi connectivity index (χ3n) is 3.29. The molecule has 0 saturated carbocycles. The molecule has 21 heavy (non-hydrogen) atoms. The van der Waals surface area contributed by atoms with Crippen LogP contribution in [0.1, 0.15) is 10.4 Å². The van der Waals surface area contributed by atoms with E-state index in [-0.39, 0.29) is 0 Å². The molecular weight excluding hydrogens is 323 g/mol. The molecule has 0 saturated heterocycles. The molecule has 2 aromatic heterocycles. The fourth-order valence-corrected chi connectivity index (χ4v) is 3.56. The van der Waals surface area contributed by atoms with Crippen molar-refractivity contribution in [2.45, 2.75) is 13.0 Å². The molecule has 2 nitrogen and oxygen atoms in total. The number of hydrogen-bond acceptors (Lipinski definition) is 3. The summed E-state index contributed by atoms with van der Waals surface area (Å²) >= 11 is 13.8. The highest BCUT2D eigenvalue weighted by atomic mass is 35.5. The third kappa shape index (κ3) is 3.55. The van der Waals surface area contributed by atoms with Gasteiger partial charge in [0, 0.05) is 34.6 Å². The van der Waals surface area contributed by atoms with Gasteiger partial charge in [-0.15, -0.1) is 11.3 Å². The summed E-state index contributed by atoms with van der Waals surface area (Å²) in [5.74, 6) is 0. The van der Waals surface area contributed by atoms with Crippen molar-refractivity contribution in [1.82, 2.24) is 10.3 Å². The molecule has 5 heteroatoms. The molecule has 3 aromatic rings. The van der Waals surface area contributed by atoms with Gasteiger partial charge < -0.3 is 5.32 Å². The molecule has 0 fully saturated rings. The highest BCUT2D eigenvalue weighted by molar-refractivity contribution is 7.16. The summed E-state index contributed by atoms with van der Waals surface area (Å²) in [7, 11) is 0. The summed E-state index contributed by atoms with van der Waals surface area (Å²) in [5, 5.41) is 5.20. The molecule has 0 aliphatic heterocycles. The van der Waals surface area contributed by atoms with Crippen LogP contribution in [-0.2, 0) is 13.0 Å². The number of pyridine rings is 1. The number of halogens is 2. The number of aromatic nitrogens is 1. The van der Waals surface area contributed by atoms with Gasteiger partial charge in [-0.1, -0.05) is 29.3 Å². The monoisotopic (exact) mass is 336 g/mol. The lowest BCUT2D eigenvalue weighted by Crippen LogP contribution is -2.16. The van der Waals surface area contributed by atoms with Gasteiger partial charge in [0.2, 0.25) is 0 Å². The third-order valence-corrected chi connectivity index (χ3v) is 4.91. The quantitative estimate of drug-likeness (QED) is 0.668. The molecule has 0 radical (unpaired) electrons. The van der Waals surface area contributed by atoms with E-state index in [1.165, 1.54) is 10.4 Å². The van der Waals surface area contributed by atoms with Crippen LogP contribution >= 0.6 is 34.5 Å². The van der Waals surface area contributed by atoms with Crippen LogP contribution in [0.5, 0.6) is 0 Å². The average molecular weight is 337 g/mol. The van der Waals surface area contributed by atoms with Crippen LogP contribution in [-0.4, -0.2) is 11.5 Å². The number of rotatable bonds is 5. The number of benzene rings is 1. The van der Waals surface area contributed by atoms with Crippen LogP contribution in [0.3, 0.4) is 0 Å². The van der Waals surface area contributed by atoms with E-state index in [0.717, 1.165) is 39.8 Å². The number of fused-ring (bicyclic) bond motifs is 1. The first-order valence-corrected chi connectivity index (χ1v) is 8.28. The second-order valence-electron chi connectivity index (χ2n) is 4.74. The minimum Gasteiger partial charge on any atom is -0.312 e. The minimum absolute atomic E-state index is 0.745. The lowest BCUT2D eigenvalue weighted by molar-refractivity contribution is 0.693. The van der Waals surface area contributed by atoms with Crippen LogP contribution in [0.2, 0.25) is 9.36 Å². The van der Waals surface area contributed by atoms with Crippen molar-refractivity contribution in [2.24, 2.45) is 0 Å². The molecule has 0 atom stereocenters. The maximum atomic E-state index is 6.20. The standard InChI is InChI=1S/C16H14Cl2N2S/c17-14-5-3-11(16-13(14)2-1-8-20-16)10-19-9-7-12-4-6-15(18)21-12/h1-6,8,19H,7,9-10H2. The van der Waals surface area contributed by atoms with Crippen LogP contribution < -0.4 is 5.32 Å². The maximum absolute atomic E-state index is 6.20. The SMILES string of the molecule is Clc1ccc(CCNCc2ccc(Cl)c3cccnc23)s1. The second-order valence-corrected chi connectivity index (χ2v) is 6.95. The highest BCUT2D eigenvalue weighted by Crippen LogP contribution is 2.25. The molecule has 108 valence electrons. The second kappa shape index (κ2) is 6.75. The van der Waals surface area contributed by atoms with Gasteiger partial charge in [0.1, 0.15) is 0 Å². The van der Waals surface area contributed by atoms with Crippen molar-refractivity contribution in [3.63, 3.8) is 0 Å². The van der Waals surface area contributed by atoms with Gasteiger partial charge in [0.15, 0.2) is 0 Å². The van der Waals surface area contributed by atoms with Crippen molar-refractivity contribution in [2.75, 3.05) is 6.54 Å². The van der Waals surface area contributed by atoms with Crippen molar-refractivity contribution in [3.05, 3.63) is 62.4 Å². The van der Waals surface area contributed by atoms with E-state index in [1.807, 2.05) is 30.3 Å². The first-order chi connectivity index (χ1) is 10.2. The van der Waals surface area contributed by atoms with Crippen LogP contribution in [0.4, 0.5) is 0 Å². The van der Waals surface area contributed by atoms with E-state index < -0.39 is 0 Å². The zero-order valence-electron chi connectivity index (χ0n) is 11.3. The Kier molecular flexibility index (Phi) is 4.76. The van der Waals surface area contributed by atoms with E-state index in [1.54, 1.807) is 17.5 Å². The van der Waals surface area contributed by atoms with Gasteiger partial charge in [-0.05, 0) is 42.3 Å². The molecular formula is C16H14Cl2N2S. The number of nitrogens with zero attached hydrogens (tertiary/aromatic N) is 1. The predicted molar refractivity (Wildman–Crippen MR) is 91.5 cm³/mol. The topological polar surface area (TPSA) is 24.9 Å². The van der Waals surface area contributed by atoms with Crippen LogP contribution in [0, 0.1) is 0 Å². The fourth-order valence-electron chi connectivity index (χ4n) is 2.26. The van der Waals surface area contributed by atoms with Gasteiger partial charge in [-0.25, -0.2) is 0 Å². The van der Waals surface area contributed by atoms with Gasteiger partial charge >= 0.3 is 0 Å². The minimum atomic E-state index is 0.745. The zero-order chi connectivity index (χ0) is 14.7. The molecule has 1 N–H and O–H groups in total. The first-order valence-electron chi connectivity index (χ1n) is 6.71. The Morgan fingerprint density at radius 1 is 1.10 bits per heavy atom. The van der Waals surface area contributed by atoms with Gasteiger partial charge in [-0.3, -0.25) is 4.98 Å². The first kappa shape index (κ1) is 14.8. The predicted octanol–water partition coefficient (Wildman–Crippen LogP) is 4.94. The lowest BCUT2D eigenvalue weighted by atomic mass is 10.1. The van der Waals surface area contributed by atoms with E-state index in [2.05, 4.69) is 16.4 Å². The Morgan fingerprint density at radius 2 is 2.00 bits per heavy atom. The van der Waals surface area contributed by atoms with Gasteiger partial charge in [0.25, 0.3) is 0 Å². The molecule has 0 aliphatic rings. The number of nitrogens with one attached hydrogen (secondary N) is 1. The molecule has 1 aromatic carbocycles. The largest absolute Gasteiger partial charge is 0.312 e.